The Morgan fingerprint density at radius 3 is 2.39 bits per heavy atom. The number of imidazole rings is 1. The number of carbonyl (C=O) groups excluding carboxylic acids is 1. The lowest BCUT2D eigenvalue weighted by Gasteiger charge is -2.10. The van der Waals surface area contributed by atoms with Crippen molar-refractivity contribution in [1.82, 2.24) is 14.7 Å². The standard InChI is InChI=1S/C19H16F3N3O3/c1-2-14-16(25-10-13(19(20,21)22)7-8-15(25)24-14)17(26)23-9-11-3-5-12(6-4-11)18(27)28/h3-8,10H,2,9H2,1H3,(H,23,26)(H,27,28). The SMILES string of the molecule is CCc1nc2ccc(C(F)(F)F)cn2c1C(=O)NCc1ccc(C(=O)O)cc1. The summed E-state index contributed by atoms with van der Waals surface area (Å²) in [6.07, 6.45) is -3.30. The largest absolute Gasteiger partial charge is 0.478 e. The number of hydrogen-bond donors (Lipinski definition) is 2. The molecule has 0 atom stereocenters. The molecule has 0 saturated heterocycles. The summed E-state index contributed by atoms with van der Waals surface area (Å²) in [7, 11) is 0. The van der Waals surface area contributed by atoms with E-state index in [0.29, 0.717) is 17.7 Å². The van der Waals surface area contributed by atoms with Crippen LogP contribution in [0.4, 0.5) is 13.2 Å². The monoisotopic (exact) mass is 391 g/mol. The molecule has 9 heteroatoms. The van der Waals surface area contributed by atoms with Crippen molar-refractivity contribution >= 4 is 17.5 Å². The van der Waals surface area contributed by atoms with Crippen LogP contribution in [-0.2, 0) is 19.1 Å². The van der Waals surface area contributed by atoms with Crippen LogP contribution < -0.4 is 5.32 Å². The molecule has 146 valence electrons. The number of alkyl halides is 3. The van der Waals surface area contributed by atoms with Gasteiger partial charge in [0.05, 0.1) is 16.8 Å². The van der Waals surface area contributed by atoms with Gasteiger partial charge in [-0.25, -0.2) is 9.78 Å². The maximum absolute atomic E-state index is 13.0. The highest BCUT2D eigenvalue weighted by molar-refractivity contribution is 5.94. The van der Waals surface area contributed by atoms with Gasteiger partial charge in [0.1, 0.15) is 11.3 Å². The Morgan fingerprint density at radius 1 is 1.14 bits per heavy atom. The van der Waals surface area contributed by atoms with Crippen molar-refractivity contribution in [3.63, 3.8) is 0 Å². The second kappa shape index (κ2) is 7.34. The molecule has 3 aromatic rings. The third-order valence-corrected chi connectivity index (χ3v) is 4.22. The number of benzene rings is 1. The number of carboxylic acid groups (broad SMARTS) is 1. The minimum Gasteiger partial charge on any atom is -0.478 e. The van der Waals surface area contributed by atoms with Gasteiger partial charge in [-0.05, 0) is 36.2 Å². The van der Waals surface area contributed by atoms with Crippen LogP contribution in [-0.4, -0.2) is 26.4 Å². The molecule has 0 spiro atoms. The summed E-state index contributed by atoms with van der Waals surface area (Å²) < 4.78 is 40.2. The van der Waals surface area contributed by atoms with Crippen LogP contribution >= 0.6 is 0 Å². The molecule has 1 aromatic carbocycles. The zero-order valence-corrected chi connectivity index (χ0v) is 14.7. The highest BCUT2D eigenvalue weighted by Crippen LogP contribution is 2.30. The average molecular weight is 391 g/mol. The summed E-state index contributed by atoms with van der Waals surface area (Å²) in [4.78, 5) is 27.8. The molecule has 0 saturated carbocycles. The minimum absolute atomic E-state index is 0.0470. The molecule has 0 aliphatic carbocycles. The number of pyridine rings is 1. The number of hydrogen-bond acceptors (Lipinski definition) is 3. The normalized spacial score (nSPS) is 11.6. The quantitative estimate of drug-likeness (QED) is 0.697. The van der Waals surface area contributed by atoms with Gasteiger partial charge in [-0.2, -0.15) is 13.2 Å². The van der Waals surface area contributed by atoms with Crippen LogP contribution in [0.15, 0.2) is 42.6 Å². The van der Waals surface area contributed by atoms with E-state index >= 15 is 0 Å². The Kier molecular flexibility index (Phi) is 5.08. The molecule has 0 bridgehead atoms. The van der Waals surface area contributed by atoms with Crippen molar-refractivity contribution < 1.29 is 27.9 Å². The predicted molar refractivity (Wildman–Crippen MR) is 94.1 cm³/mol. The molecule has 2 heterocycles. The van der Waals surface area contributed by atoms with Gasteiger partial charge in [0.25, 0.3) is 5.91 Å². The van der Waals surface area contributed by atoms with Crippen LogP contribution in [0.25, 0.3) is 5.65 Å². The maximum Gasteiger partial charge on any atom is 0.417 e. The Morgan fingerprint density at radius 2 is 1.82 bits per heavy atom. The van der Waals surface area contributed by atoms with Crippen LogP contribution in [0.5, 0.6) is 0 Å². The smallest absolute Gasteiger partial charge is 0.417 e. The Labute approximate surface area is 157 Å². The summed E-state index contributed by atoms with van der Waals surface area (Å²) in [5.74, 6) is -1.62. The number of carboxylic acids is 1. The highest BCUT2D eigenvalue weighted by atomic mass is 19.4. The van der Waals surface area contributed by atoms with Crippen molar-refractivity contribution in [3.8, 4) is 0 Å². The maximum atomic E-state index is 13.0. The zero-order valence-electron chi connectivity index (χ0n) is 14.7. The number of halogens is 3. The van der Waals surface area contributed by atoms with Gasteiger partial charge in [0.15, 0.2) is 0 Å². The van der Waals surface area contributed by atoms with E-state index in [-0.39, 0.29) is 23.4 Å². The molecular weight excluding hydrogens is 375 g/mol. The van der Waals surface area contributed by atoms with E-state index in [1.165, 1.54) is 18.2 Å². The van der Waals surface area contributed by atoms with Crippen molar-refractivity contribution in [1.29, 1.82) is 0 Å². The number of aryl methyl sites for hydroxylation is 1. The van der Waals surface area contributed by atoms with Crippen LogP contribution in [0.1, 0.15) is 44.6 Å². The van der Waals surface area contributed by atoms with E-state index in [1.54, 1.807) is 19.1 Å². The van der Waals surface area contributed by atoms with Crippen molar-refractivity contribution in [2.45, 2.75) is 26.1 Å². The Bertz CT molecular complexity index is 1040. The molecular formula is C19H16F3N3O3. The van der Waals surface area contributed by atoms with Gasteiger partial charge in [-0.1, -0.05) is 19.1 Å². The molecule has 0 radical (unpaired) electrons. The molecule has 0 fully saturated rings. The molecule has 1 amide bonds. The molecule has 0 aliphatic rings. The van der Waals surface area contributed by atoms with Gasteiger partial charge < -0.3 is 10.4 Å². The van der Waals surface area contributed by atoms with Gasteiger partial charge in [-0.15, -0.1) is 0 Å². The number of nitrogens with one attached hydrogen (secondary N) is 1. The van der Waals surface area contributed by atoms with Crippen molar-refractivity contribution in [3.05, 3.63) is 70.7 Å². The van der Waals surface area contributed by atoms with Gasteiger partial charge >= 0.3 is 12.1 Å². The molecule has 3 rings (SSSR count). The van der Waals surface area contributed by atoms with Crippen LogP contribution in [0.2, 0.25) is 0 Å². The first-order valence-corrected chi connectivity index (χ1v) is 8.39. The molecule has 0 unspecified atom stereocenters. The first kappa shape index (κ1) is 19.4. The minimum atomic E-state index is -4.54. The van der Waals surface area contributed by atoms with E-state index < -0.39 is 23.6 Å². The highest BCUT2D eigenvalue weighted by Gasteiger charge is 2.31. The lowest BCUT2D eigenvalue weighted by Crippen LogP contribution is -2.25. The van der Waals surface area contributed by atoms with E-state index in [4.69, 9.17) is 5.11 Å². The van der Waals surface area contributed by atoms with E-state index in [9.17, 15) is 22.8 Å². The van der Waals surface area contributed by atoms with Gasteiger partial charge in [0, 0.05) is 12.7 Å². The number of fused-ring (bicyclic) bond motifs is 1. The van der Waals surface area contributed by atoms with Gasteiger partial charge in [-0.3, -0.25) is 9.20 Å². The van der Waals surface area contributed by atoms with Crippen LogP contribution in [0, 0.1) is 0 Å². The molecule has 2 N–H and O–H groups in total. The lowest BCUT2D eigenvalue weighted by molar-refractivity contribution is -0.137. The van der Waals surface area contributed by atoms with E-state index in [2.05, 4.69) is 10.3 Å². The van der Waals surface area contributed by atoms with Crippen LogP contribution in [0.3, 0.4) is 0 Å². The summed E-state index contributed by atoms with van der Waals surface area (Å²) in [6, 6.07) is 8.08. The summed E-state index contributed by atoms with van der Waals surface area (Å²) >= 11 is 0. The number of carbonyl (C=O) groups is 2. The number of aromatic nitrogens is 2. The third kappa shape index (κ3) is 3.83. The summed E-state index contributed by atoms with van der Waals surface area (Å²) in [5, 5.41) is 11.5. The number of rotatable bonds is 5. The second-order valence-corrected chi connectivity index (χ2v) is 6.09. The van der Waals surface area contributed by atoms with E-state index in [1.807, 2.05) is 0 Å². The topological polar surface area (TPSA) is 83.7 Å². The molecule has 28 heavy (non-hydrogen) atoms. The Hall–Kier alpha value is -3.36. The van der Waals surface area contributed by atoms with E-state index in [0.717, 1.165) is 16.7 Å². The zero-order chi connectivity index (χ0) is 20.5. The van der Waals surface area contributed by atoms with Crippen molar-refractivity contribution in [2.24, 2.45) is 0 Å². The fraction of sp³-hybridized carbons (Fsp3) is 0.211. The number of aromatic carboxylic acids is 1. The van der Waals surface area contributed by atoms with Crippen molar-refractivity contribution in [2.75, 3.05) is 0 Å². The first-order chi connectivity index (χ1) is 13.2. The summed E-state index contributed by atoms with van der Waals surface area (Å²) in [6.45, 7) is 1.85. The molecule has 0 aliphatic heterocycles. The summed E-state index contributed by atoms with van der Waals surface area (Å²) in [5.41, 5.74) is 0.578. The lowest BCUT2D eigenvalue weighted by atomic mass is 10.1. The number of amides is 1. The molecule has 6 nitrogen and oxygen atoms in total. The Balaban J connectivity index is 1.88. The van der Waals surface area contributed by atoms with Gasteiger partial charge in [0.2, 0.25) is 0 Å². The number of nitrogens with zero attached hydrogens (tertiary/aromatic N) is 2. The predicted octanol–water partition coefficient (Wildman–Crippen LogP) is 3.54. The second-order valence-electron chi connectivity index (χ2n) is 6.09. The third-order valence-electron chi connectivity index (χ3n) is 4.22. The fourth-order valence-corrected chi connectivity index (χ4v) is 2.78. The fourth-order valence-electron chi connectivity index (χ4n) is 2.78. The average Bonchev–Trinajstić information content (AvgIpc) is 3.03. The first-order valence-electron chi connectivity index (χ1n) is 8.39. The molecule has 2 aromatic heterocycles.